The van der Waals surface area contributed by atoms with Crippen molar-refractivity contribution in [2.75, 3.05) is 0 Å². The summed E-state index contributed by atoms with van der Waals surface area (Å²) < 4.78 is 13.1. The van der Waals surface area contributed by atoms with Crippen molar-refractivity contribution in [3.63, 3.8) is 0 Å². The van der Waals surface area contributed by atoms with Crippen molar-refractivity contribution in [2.24, 2.45) is 11.7 Å². The minimum Gasteiger partial charge on any atom is -0.506 e. The zero-order chi connectivity index (χ0) is 11.7. The van der Waals surface area contributed by atoms with E-state index in [-0.39, 0.29) is 17.4 Å². The molecule has 3 N–H and O–H groups in total. The summed E-state index contributed by atoms with van der Waals surface area (Å²) in [6.07, 6.45) is 3.12. The fraction of sp³-hybridized carbons (Fsp3) is 0.417. The van der Waals surface area contributed by atoms with Crippen LogP contribution in [0.5, 0.6) is 5.75 Å². The second-order valence-corrected chi connectivity index (χ2v) is 4.26. The first-order valence-corrected chi connectivity index (χ1v) is 5.30. The average molecular weight is 220 g/mol. The number of hydrogen-bond donors (Lipinski definition) is 2. The highest BCUT2D eigenvalue weighted by atomic mass is 19.1. The van der Waals surface area contributed by atoms with E-state index >= 15 is 0 Å². The Hall–Kier alpha value is -1.60. The smallest absolute Gasteiger partial charge is 0.144 e. The Balaban J connectivity index is 2.30. The molecule has 0 saturated heterocycles. The van der Waals surface area contributed by atoms with Gasteiger partial charge in [-0.25, -0.2) is 4.39 Å². The van der Waals surface area contributed by atoms with Gasteiger partial charge < -0.3 is 10.8 Å². The number of hydrogen-bond acceptors (Lipinski definition) is 3. The zero-order valence-electron chi connectivity index (χ0n) is 8.78. The summed E-state index contributed by atoms with van der Waals surface area (Å²) in [4.78, 5) is 0. The van der Waals surface area contributed by atoms with Crippen LogP contribution in [-0.2, 0) is 0 Å². The summed E-state index contributed by atoms with van der Waals surface area (Å²) in [5, 5.41) is 18.4. The lowest BCUT2D eigenvalue weighted by atomic mass is 9.98. The number of benzene rings is 1. The highest BCUT2D eigenvalue weighted by Gasteiger charge is 2.26. The first kappa shape index (κ1) is 10.9. The molecule has 4 heteroatoms. The van der Waals surface area contributed by atoms with Crippen LogP contribution in [0.4, 0.5) is 4.39 Å². The van der Waals surface area contributed by atoms with E-state index in [1.165, 1.54) is 25.0 Å². The van der Waals surface area contributed by atoms with Crippen LogP contribution in [-0.4, -0.2) is 5.11 Å². The molecule has 0 radical (unpaired) electrons. The molecule has 0 unspecified atom stereocenters. The highest BCUT2D eigenvalue weighted by molar-refractivity contribution is 5.49. The maximum absolute atomic E-state index is 13.1. The number of halogens is 1. The van der Waals surface area contributed by atoms with E-state index < -0.39 is 5.82 Å². The van der Waals surface area contributed by atoms with Gasteiger partial charge in [0.15, 0.2) is 0 Å². The molecule has 1 aliphatic rings. The van der Waals surface area contributed by atoms with Crippen LogP contribution in [0.3, 0.4) is 0 Å². The van der Waals surface area contributed by atoms with Gasteiger partial charge in [0.2, 0.25) is 0 Å². The monoisotopic (exact) mass is 220 g/mol. The van der Waals surface area contributed by atoms with Crippen molar-refractivity contribution in [3.05, 3.63) is 29.1 Å². The van der Waals surface area contributed by atoms with Crippen molar-refractivity contribution in [1.29, 1.82) is 5.26 Å². The normalized spacial score (nSPS) is 16.8. The lowest BCUT2D eigenvalue weighted by Crippen LogP contribution is -2.12. The van der Waals surface area contributed by atoms with Crippen molar-refractivity contribution in [1.82, 2.24) is 0 Å². The second kappa shape index (κ2) is 4.11. The highest BCUT2D eigenvalue weighted by Crippen LogP contribution is 2.39. The first-order valence-electron chi connectivity index (χ1n) is 5.30. The van der Waals surface area contributed by atoms with Crippen LogP contribution in [0.2, 0.25) is 0 Å². The first-order chi connectivity index (χ1) is 7.63. The fourth-order valence-electron chi connectivity index (χ4n) is 1.83. The standard InChI is InChI=1S/C12H13FN2O/c13-10-4-3-8(12(16)9(10)6-14)11(15)5-7-1-2-7/h3-4,7,11,16H,1-2,5,15H2/t11-/m1/s1. The Kier molecular flexibility index (Phi) is 2.80. The molecule has 84 valence electrons. The molecular formula is C12H13FN2O. The van der Waals surface area contributed by atoms with Gasteiger partial charge >= 0.3 is 0 Å². The van der Waals surface area contributed by atoms with Gasteiger partial charge in [0, 0.05) is 11.6 Å². The average Bonchev–Trinajstić information content (AvgIpc) is 3.02. The summed E-state index contributed by atoms with van der Waals surface area (Å²) >= 11 is 0. The summed E-state index contributed by atoms with van der Waals surface area (Å²) in [5.74, 6) is -0.400. The molecule has 0 aliphatic heterocycles. The molecule has 1 aliphatic carbocycles. The van der Waals surface area contributed by atoms with Crippen LogP contribution < -0.4 is 5.73 Å². The molecule has 0 spiro atoms. The van der Waals surface area contributed by atoms with Gasteiger partial charge in [-0.15, -0.1) is 0 Å². The molecule has 0 heterocycles. The maximum Gasteiger partial charge on any atom is 0.144 e. The molecule has 0 amide bonds. The predicted octanol–water partition coefficient (Wildman–Crippen LogP) is 2.20. The van der Waals surface area contributed by atoms with E-state index in [0.29, 0.717) is 11.5 Å². The van der Waals surface area contributed by atoms with Crippen molar-refractivity contribution < 1.29 is 9.50 Å². The molecule has 0 aromatic heterocycles. The predicted molar refractivity (Wildman–Crippen MR) is 57.0 cm³/mol. The molecule has 16 heavy (non-hydrogen) atoms. The molecular weight excluding hydrogens is 207 g/mol. The number of nitriles is 1. The summed E-state index contributed by atoms with van der Waals surface area (Å²) in [5.41, 5.74) is 6.07. The number of rotatable bonds is 3. The van der Waals surface area contributed by atoms with Gasteiger partial charge in [0.1, 0.15) is 23.2 Å². The Labute approximate surface area is 93.3 Å². The largest absolute Gasteiger partial charge is 0.506 e. The van der Waals surface area contributed by atoms with Crippen molar-refractivity contribution in [2.45, 2.75) is 25.3 Å². The van der Waals surface area contributed by atoms with Crippen LogP contribution in [0.1, 0.15) is 36.4 Å². The van der Waals surface area contributed by atoms with Gasteiger partial charge in [-0.1, -0.05) is 18.9 Å². The third kappa shape index (κ3) is 2.00. The summed E-state index contributed by atoms with van der Waals surface area (Å²) in [7, 11) is 0. The topological polar surface area (TPSA) is 70.0 Å². The Morgan fingerprint density at radius 2 is 2.25 bits per heavy atom. The molecule has 1 fully saturated rings. The van der Waals surface area contributed by atoms with Crippen LogP contribution >= 0.6 is 0 Å². The van der Waals surface area contributed by atoms with Gasteiger partial charge in [0.05, 0.1) is 0 Å². The van der Waals surface area contributed by atoms with Gasteiger partial charge in [-0.3, -0.25) is 0 Å². The molecule has 2 rings (SSSR count). The van der Waals surface area contributed by atoms with Crippen LogP contribution in [0.25, 0.3) is 0 Å². The third-order valence-corrected chi connectivity index (χ3v) is 2.95. The molecule has 1 saturated carbocycles. The Morgan fingerprint density at radius 3 is 2.81 bits per heavy atom. The number of nitrogens with two attached hydrogens (primary N) is 1. The van der Waals surface area contributed by atoms with Gasteiger partial charge in [-0.2, -0.15) is 5.26 Å². The third-order valence-electron chi connectivity index (χ3n) is 2.95. The molecule has 3 nitrogen and oxygen atoms in total. The number of aromatic hydroxyl groups is 1. The van der Waals surface area contributed by atoms with E-state index in [4.69, 9.17) is 11.0 Å². The zero-order valence-corrected chi connectivity index (χ0v) is 8.78. The van der Waals surface area contributed by atoms with E-state index in [0.717, 1.165) is 6.42 Å². The molecule has 1 aromatic carbocycles. The van der Waals surface area contributed by atoms with E-state index in [9.17, 15) is 9.50 Å². The number of nitrogens with zero attached hydrogens (tertiary/aromatic N) is 1. The Bertz CT molecular complexity index is 449. The van der Waals surface area contributed by atoms with Crippen LogP contribution in [0.15, 0.2) is 12.1 Å². The minimum atomic E-state index is -0.706. The van der Waals surface area contributed by atoms with Crippen LogP contribution in [0, 0.1) is 23.1 Å². The van der Waals surface area contributed by atoms with E-state index in [2.05, 4.69) is 0 Å². The lowest BCUT2D eigenvalue weighted by molar-refractivity contribution is 0.447. The van der Waals surface area contributed by atoms with Gasteiger partial charge in [-0.05, 0) is 18.4 Å². The van der Waals surface area contributed by atoms with E-state index in [1.54, 1.807) is 6.07 Å². The quantitative estimate of drug-likeness (QED) is 0.820. The number of phenols is 1. The van der Waals surface area contributed by atoms with Crippen molar-refractivity contribution in [3.8, 4) is 11.8 Å². The van der Waals surface area contributed by atoms with Gasteiger partial charge in [0.25, 0.3) is 0 Å². The minimum absolute atomic E-state index is 0.310. The fourth-order valence-corrected chi connectivity index (χ4v) is 1.83. The molecule has 1 atom stereocenters. The second-order valence-electron chi connectivity index (χ2n) is 4.26. The summed E-state index contributed by atoms with van der Waals surface area (Å²) in [6, 6.07) is 3.97. The number of phenolic OH excluding ortho intramolecular Hbond substituents is 1. The molecule has 0 bridgehead atoms. The SMILES string of the molecule is N#Cc1c(F)ccc([C@H](N)CC2CC2)c1O. The van der Waals surface area contributed by atoms with E-state index in [1.807, 2.05) is 0 Å². The molecule has 1 aromatic rings. The summed E-state index contributed by atoms with van der Waals surface area (Å²) in [6.45, 7) is 0. The van der Waals surface area contributed by atoms with Crippen molar-refractivity contribution >= 4 is 0 Å². The Morgan fingerprint density at radius 1 is 1.56 bits per heavy atom. The lowest BCUT2D eigenvalue weighted by Gasteiger charge is -2.14. The maximum atomic E-state index is 13.1.